The van der Waals surface area contributed by atoms with Gasteiger partial charge in [0, 0.05) is 5.54 Å². The summed E-state index contributed by atoms with van der Waals surface area (Å²) in [5.41, 5.74) is 0.618. The monoisotopic (exact) mass is 265 g/mol. The number of hydrogen-bond acceptors (Lipinski definition) is 3. The van der Waals surface area contributed by atoms with Gasteiger partial charge in [-0.3, -0.25) is 0 Å². The largest absolute Gasteiger partial charge is 0.491 e. The Kier molecular flexibility index (Phi) is 5.39. The van der Waals surface area contributed by atoms with Crippen molar-refractivity contribution in [2.75, 3.05) is 14.1 Å². The van der Waals surface area contributed by atoms with E-state index in [-0.39, 0.29) is 11.6 Å². The van der Waals surface area contributed by atoms with Crippen LogP contribution in [0.1, 0.15) is 45.8 Å². The van der Waals surface area contributed by atoms with E-state index < -0.39 is 6.10 Å². The van der Waals surface area contributed by atoms with Crippen LogP contribution in [0.15, 0.2) is 24.3 Å². The number of ether oxygens (including phenoxy) is 1. The van der Waals surface area contributed by atoms with Crippen LogP contribution in [-0.2, 0) is 0 Å². The first-order valence-corrected chi connectivity index (χ1v) is 6.93. The second kappa shape index (κ2) is 6.40. The lowest BCUT2D eigenvalue weighted by atomic mass is 9.86. The molecule has 108 valence electrons. The molecule has 2 atom stereocenters. The van der Waals surface area contributed by atoms with Crippen LogP contribution in [0, 0.1) is 0 Å². The second-order valence-electron chi connectivity index (χ2n) is 5.75. The Labute approximate surface area is 117 Å². The lowest BCUT2D eigenvalue weighted by Crippen LogP contribution is -2.46. The number of likely N-dealkylation sites (N-methyl/N-ethyl adjacent to an activating group) is 1. The second-order valence-corrected chi connectivity index (χ2v) is 5.75. The fourth-order valence-corrected chi connectivity index (χ4v) is 2.14. The molecule has 3 heteroatoms. The smallest absolute Gasteiger partial charge is 0.120 e. The fourth-order valence-electron chi connectivity index (χ4n) is 2.14. The molecule has 0 aliphatic rings. The summed E-state index contributed by atoms with van der Waals surface area (Å²) in [7, 11) is 4.00. The fraction of sp³-hybridized carbons (Fsp3) is 0.625. The third-order valence-corrected chi connectivity index (χ3v) is 3.87. The average molecular weight is 265 g/mol. The normalized spacial score (nSPS) is 16.5. The van der Waals surface area contributed by atoms with Gasteiger partial charge in [0.25, 0.3) is 0 Å². The number of aliphatic hydroxyl groups is 1. The number of benzene rings is 1. The molecule has 1 aromatic carbocycles. The standard InChI is InChI=1S/C16H27NO2/c1-7-16(4,17(5)6)15(18)13-9-8-10-14(11-13)19-12(2)3/h8-12,15,18H,7H2,1-6H3. The minimum Gasteiger partial charge on any atom is -0.491 e. The maximum absolute atomic E-state index is 10.7. The highest BCUT2D eigenvalue weighted by atomic mass is 16.5. The van der Waals surface area contributed by atoms with E-state index in [2.05, 4.69) is 18.7 Å². The van der Waals surface area contributed by atoms with E-state index >= 15 is 0 Å². The minimum absolute atomic E-state index is 0.138. The molecule has 1 aromatic rings. The van der Waals surface area contributed by atoms with Gasteiger partial charge in [0.05, 0.1) is 12.2 Å². The van der Waals surface area contributed by atoms with Crippen LogP contribution in [0.2, 0.25) is 0 Å². The Morgan fingerprint density at radius 1 is 1.32 bits per heavy atom. The molecule has 0 fully saturated rings. The Morgan fingerprint density at radius 2 is 1.95 bits per heavy atom. The van der Waals surface area contributed by atoms with E-state index in [0.717, 1.165) is 17.7 Å². The molecule has 1 N–H and O–H groups in total. The van der Waals surface area contributed by atoms with Gasteiger partial charge in [-0.05, 0) is 59.0 Å². The quantitative estimate of drug-likeness (QED) is 0.857. The van der Waals surface area contributed by atoms with Gasteiger partial charge < -0.3 is 14.7 Å². The molecule has 0 aliphatic heterocycles. The van der Waals surface area contributed by atoms with Crippen molar-refractivity contribution in [1.29, 1.82) is 0 Å². The molecule has 19 heavy (non-hydrogen) atoms. The maximum Gasteiger partial charge on any atom is 0.120 e. The van der Waals surface area contributed by atoms with E-state index in [1.54, 1.807) is 0 Å². The maximum atomic E-state index is 10.7. The molecule has 0 aromatic heterocycles. The summed E-state index contributed by atoms with van der Waals surface area (Å²) in [6.45, 7) is 8.17. The lowest BCUT2D eigenvalue weighted by molar-refractivity contribution is 0.000704. The van der Waals surface area contributed by atoms with Crippen LogP contribution in [0.4, 0.5) is 0 Å². The van der Waals surface area contributed by atoms with E-state index in [4.69, 9.17) is 4.74 Å². The highest BCUT2D eigenvalue weighted by Gasteiger charge is 2.34. The van der Waals surface area contributed by atoms with Crippen molar-refractivity contribution in [1.82, 2.24) is 4.90 Å². The first-order chi connectivity index (χ1) is 8.81. The highest BCUT2D eigenvalue weighted by molar-refractivity contribution is 5.31. The molecule has 0 saturated carbocycles. The van der Waals surface area contributed by atoms with E-state index in [9.17, 15) is 5.11 Å². The van der Waals surface area contributed by atoms with Gasteiger partial charge in [0.1, 0.15) is 5.75 Å². The molecule has 0 bridgehead atoms. The lowest BCUT2D eigenvalue weighted by Gasteiger charge is -2.40. The molecule has 0 amide bonds. The Morgan fingerprint density at radius 3 is 2.42 bits per heavy atom. The summed E-state index contributed by atoms with van der Waals surface area (Å²) >= 11 is 0. The summed E-state index contributed by atoms with van der Waals surface area (Å²) in [4.78, 5) is 2.08. The van der Waals surface area contributed by atoms with Crippen molar-refractivity contribution < 1.29 is 9.84 Å². The zero-order valence-corrected chi connectivity index (χ0v) is 13.0. The van der Waals surface area contributed by atoms with Crippen molar-refractivity contribution in [2.24, 2.45) is 0 Å². The number of hydrogen-bond donors (Lipinski definition) is 1. The molecule has 1 rings (SSSR count). The van der Waals surface area contributed by atoms with Gasteiger partial charge in [-0.15, -0.1) is 0 Å². The SMILES string of the molecule is CCC(C)(C(O)c1cccc(OC(C)C)c1)N(C)C. The van der Waals surface area contributed by atoms with E-state index in [1.807, 2.05) is 52.2 Å². The summed E-state index contributed by atoms with van der Waals surface area (Å²) in [5, 5.41) is 10.7. The molecular weight excluding hydrogens is 238 g/mol. The topological polar surface area (TPSA) is 32.7 Å². The van der Waals surface area contributed by atoms with E-state index in [0.29, 0.717) is 0 Å². The van der Waals surface area contributed by atoms with E-state index in [1.165, 1.54) is 0 Å². The molecule has 2 unspecified atom stereocenters. The van der Waals surface area contributed by atoms with Crippen LogP contribution in [-0.4, -0.2) is 35.7 Å². The van der Waals surface area contributed by atoms with Gasteiger partial charge in [0.2, 0.25) is 0 Å². The van der Waals surface area contributed by atoms with Gasteiger partial charge in [0.15, 0.2) is 0 Å². The van der Waals surface area contributed by atoms with Crippen LogP contribution in [0.3, 0.4) is 0 Å². The molecular formula is C16H27NO2. The number of rotatable bonds is 6. The van der Waals surface area contributed by atoms with Gasteiger partial charge in [-0.25, -0.2) is 0 Å². The predicted molar refractivity (Wildman–Crippen MR) is 79.5 cm³/mol. The molecule has 0 spiro atoms. The van der Waals surface area contributed by atoms with Gasteiger partial charge in [-0.1, -0.05) is 19.1 Å². The first kappa shape index (κ1) is 16.0. The van der Waals surface area contributed by atoms with Crippen molar-refractivity contribution in [2.45, 2.75) is 51.9 Å². The molecule has 0 heterocycles. The highest BCUT2D eigenvalue weighted by Crippen LogP contribution is 2.33. The summed E-state index contributed by atoms with van der Waals surface area (Å²) in [5.74, 6) is 0.809. The van der Waals surface area contributed by atoms with Gasteiger partial charge in [-0.2, -0.15) is 0 Å². The average Bonchev–Trinajstić information content (AvgIpc) is 2.36. The number of aliphatic hydroxyl groups excluding tert-OH is 1. The molecule has 0 saturated heterocycles. The first-order valence-electron chi connectivity index (χ1n) is 6.93. The zero-order valence-electron chi connectivity index (χ0n) is 13.0. The van der Waals surface area contributed by atoms with Crippen molar-refractivity contribution in [3.63, 3.8) is 0 Å². The summed E-state index contributed by atoms with van der Waals surface area (Å²) in [6, 6.07) is 7.74. The zero-order chi connectivity index (χ0) is 14.6. The third-order valence-electron chi connectivity index (χ3n) is 3.87. The summed E-state index contributed by atoms with van der Waals surface area (Å²) < 4.78 is 5.69. The van der Waals surface area contributed by atoms with Crippen molar-refractivity contribution >= 4 is 0 Å². The third kappa shape index (κ3) is 3.71. The minimum atomic E-state index is -0.539. The Balaban J connectivity index is 3.02. The van der Waals surface area contributed by atoms with Crippen LogP contribution >= 0.6 is 0 Å². The van der Waals surface area contributed by atoms with Crippen LogP contribution in [0.25, 0.3) is 0 Å². The Bertz CT molecular complexity index is 403. The van der Waals surface area contributed by atoms with Gasteiger partial charge >= 0.3 is 0 Å². The Hall–Kier alpha value is -1.06. The molecule has 0 aliphatic carbocycles. The van der Waals surface area contributed by atoms with Crippen molar-refractivity contribution in [3.8, 4) is 5.75 Å². The van der Waals surface area contributed by atoms with Crippen LogP contribution < -0.4 is 4.74 Å². The summed E-state index contributed by atoms with van der Waals surface area (Å²) in [6.07, 6.45) is 0.471. The molecule has 0 radical (unpaired) electrons. The van der Waals surface area contributed by atoms with Crippen LogP contribution in [0.5, 0.6) is 5.75 Å². The molecule has 3 nitrogen and oxygen atoms in total. The predicted octanol–water partition coefficient (Wildman–Crippen LogP) is 3.24. The number of nitrogens with zero attached hydrogens (tertiary/aromatic N) is 1. The van der Waals surface area contributed by atoms with Crippen molar-refractivity contribution in [3.05, 3.63) is 29.8 Å².